The summed E-state index contributed by atoms with van der Waals surface area (Å²) in [5, 5.41) is 19.0. The third-order valence-electron chi connectivity index (χ3n) is 5.11. The third-order valence-corrected chi connectivity index (χ3v) is 5.11. The molecule has 12 heteroatoms. The van der Waals surface area contributed by atoms with Gasteiger partial charge in [0.1, 0.15) is 12.4 Å². The fourth-order valence-corrected chi connectivity index (χ4v) is 3.18. The molecule has 2 heterocycles. The van der Waals surface area contributed by atoms with E-state index in [1.54, 1.807) is 4.90 Å². The van der Waals surface area contributed by atoms with Crippen molar-refractivity contribution < 1.29 is 37.7 Å². The lowest BCUT2D eigenvalue weighted by molar-refractivity contribution is -0.145. The summed E-state index contributed by atoms with van der Waals surface area (Å²) in [6.07, 6.45) is -2.17. The molecule has 1 aliphatic rings. The van der Waals surface area contributed by atoms with Gasteiger partial charge in [0.2, 0.25) is 5.91 Å². The Bertz CT molecular complexity index is 946. The van der Waals surface area contributed by atoms with Crippen molar-refractivity contribution in [2.45, 2.75) is 57.1 Å². The van der Waals surface area contributed by atoms with Crippen LogP contribution >= 0.6 is 0 Å². The summed E-state index contributed by atoms with van der Waals surface area (Å²) >= 11 is 0. The molecule has 0 bridgehead atoms. The summed E-state index contributed by atoms with van der Waals surface area (Å²) in [5.41, 5.74) is 4.86. The number of ether oxygens (including phenoxy) is 1. The lowest BCUT2D eigenvalue weighted by Gasteiger charge is -2.33. The Balaban J connectivity index is 0.000000328. The number of carbonyl (C=O) groups excluding carboxylic acids is 2. The molecule has 2 unspecified atom stereocenters. The number of rotatable bonds is 7. The molecule has 0 radical (unpaired) electrons. The van der Waals surface area contributed by atoms with Gasteiger partial charge in [0.15, 0.2) is 5.69 Å². The van der Waals surface area contributed by atoms with E-state index in [1.165, 1.54) is 0 Å². The highest BCUT2D eigenvalue weighted by Crippen LogP contribution is 2.26. The zero-order valence-corrected chi connectivity index (χ0v) is 19.0. The number of esters is 1. The van der Waals surface area contributed by atoms with Crippen LogP contribution in [-0.2, 0) is 27.1 Å². The van der Waals surface area contributed by atoms with Gasteiger partial charge in [-0.1, -0.05) is 30.3 Å². The second-order valence-electron chi connectivity index (χ2n) is 7.94. The smallest absolute Gasteiger partial charge is 0.434 e. The third kappa shape index (κ3) is 10.3. The van der Waals surface area contributed by atoms with Crippen LogP contribution in [0.2, 0.25) is 0 Å². The first-order valence-electron chi connectivity index (χ1n) is 11.0. The molecule has 1 amide bonds. The van der Waals surface area contributed by atoms with Crippen molar-refractivity contribution >= 4 is 17.7 Å². The van der Waals surface area contributed by atoms with Gasteiger partial charge in [-0.25, -0.2) is 4.98 Å². The van der Waals surface area contributed by atoms with Crippen molar-refractivity contribution in [3.63, 3.8) is 0 Å². The van der Waals surface area contributed by atoms with E-state index < -0.39 is 24.1 Å². The van der Waals surface area contributed by atoms with Crippen LogP contribution in [0.1, 0.15) is 43.4 Å². The summed E-state index contributed by atoms with van der Waals surface area (Å²) in [5.74, 6) is -0.541. The average molecular weight is 499 g/mol. The minimum absolute atomic E-state index is 0.0430. The van der Waals surface area contributed by atoms with Crippen LogP contribution in [0.4, 0.5) is 19.0 Å². The van der Waals surface area contributed by atoms with E-state index in [-0.39, 0.29) is 30.8 Å². The number of hydrogen-bond acceptors (Lipinski definition) is 8. The molecule has 9 nitrogen and oxygen atoms in total. The predicted octanol–water partition coefficient (Wildman–Crippen LogP) is 2.32. The van der Waals surface area contributed by atoms with Crippen molar-refractivity contribution in [2.24, 2.45) is 0 Å². The molecular weight excluding hydrogens is 469 g/mol. The molecular formula is C23H29F3N4O5. The van der Waals surface area contributed by atoms with E-state index in [0.29, 0.717) is 44.8 Å². The lowest BCUT2D eigenvalue weighted by Crippen LogP contribution is -2.48. The van der Waals surface area contributed by atoms with Gasteiger partial charge in [0.25, 0.3) is 0 Å². The fraction of sp³-hybridized carbons (Fsp3) is 0.478. The molecule has 1 aliphatic heterocycles. The second-order valence-corrected chi connectivity index (χ2v) is 7.94. The van der Waals surface area contributed by atoms with E-state index >= 15 is 0 Å². The molecule has 1 aromatic carbocycles. The normalized spacial score (nSPS) is 17.8. The van der Waals surface area contributed by atoms with Gasteiger partial charge in [-0.05, 0) is 24.8 Å². The maximum Gasteiger partial charge on any atom is 0.434 e. The number of likely N-dealkylation sites (tertiary alicyclic amines) is 1. The molecule has 4 N–H and O–H groups in total. The topological polar surface area (TPSA) is 139 Å². The Labute approximate surface area is 200 Å². The number of unbranched alkanes of at least 4 members (excludes halogenated alkanes) is 1. The zero-order valence-electron chi connectivity index (χ0n) is 19.0. The van der Waals surface area contributed by atoms with Gasteiger partial charge in [-0.15, -0.1) is 0 Å². The molecule has 35 heavy (non-hydrogen) atoms. The van der Waals surface area contributed by atoms with E-state index in [1.807, 2.05) is 30.3 Å². The molecule has 0 saturated carbocycles. The molecule has 1 saturated heterocycles. The number of aliphatic hydroxyl groups excluding tert-OH is 2. The van der Waals surface area contributed by atoms with Crippen LogP contribution in [0.25, 0.3) is 0 Å². The highest BCUT2D eigenvalue weighted by Gasteiger charge is 2.33. The molecule has 2 aromatic rings. The SMILES string of the molecule is Nc1cncc(C(F)(F)F)n1.O=C(CCCCC(=O)N1CCC(O)C(O)C1)OCc1ccccc1. The predicted molar refractivity (Wildman–Crippen MR) is 119 cm³/mol. The molecule has 1 fully saturated rings. The molecule has 1 aromatic heterocycles. The van der Waals surface area contributed by atoms with Crippen molar-refractivity contribution in [1.82, 2.24) is 14.9 Å². The number of aromatic nitrogens is 2. The highest BCUT2D eigenvalue weighted by atomic mass is 19.4. The largest absolute Gasteiger partial charge is 0.461 e. The Morgan fingerprint density at radius 2 is 1.77 bits per heavy atom. The van der Waals surface area contributed by atoms with Gasteiger partial charge in [0.05, 0.1) is 24.6 Å². The van der Waals surface area contributed by atoms with E-state index in [4.69, 9.17) is 10.5 Å². The molecule has 0 spiro atoms. The van der Waals surface area contributed by atoms with Gasteiger partial charge in [-0.3, -0.25) is 14.6 Å². The van der Waals surface area contributed by atoms with E-state index in [9.17, 15) is 33.0 Å². The molecule has 0 aliphatic carbocycles. The molecule has 192 valence electrons. The van der Waals surface area contributed by atoms with Gasteiger partial charge < -0.3 is 25.6 Å². The lowest BCUT2D eigenvalue weighted by atomic mass is 10.0. The maximum absolute atomic E-state index is 12.0. The molecule has 2 atom stereocenters. The number of halogens is 3. The van der Waals surface area contributed by atoms with Crippen molar-refractivity contribution in [3.8, 4) is 0 Å². The Morgan fingerprint density at radius 3 is 2.37 bits per heavy atom. The number of β-amino-alcohol motifs (C(OH)–C–C–N with tert-alkyl or cyclic N) is 1. The Kier molecular flexibility index (Phi) is 10.9. The quantitative estimate of drug-likeness (QED) is 0.391. The zero-order chi connectivity index (χ0) is 25.8. The number of nitrogens with zero attached hydrogens (tertiary/aromatic N) is 3. The summed E-state index contributed by atoms with van der Waals surface area (Å²) in [7, 11) is 0. The minimum Gasteiger partial charge on any atom is -0.461 e. The fourth-order valence-electron chi connectivity index (χ4n) is 3.18. The van der Waals surface area contributed by atoms with Crippen molar-refractivity contribution in [3.05, 3.63) is 54.0 Å². The first-order chi connectivity index (χ1) is 16.6. The highest BCUT2D eigenvalue weighted by molar-refractivity contribution is 5.76. The van der Waals surface area contributed by atoms with E-state index in [0.717, 1.165) is 11.8 Å². The van der Waals surface area contributed by atoms with Crippen LogP contribution in [0.3, 0.4) is 0 Å². The summed E-state index contributed by atoms with van der Waals surface area (Å²) in [4.78, 5) is 31.5. The van der Waals surface area contributed by atoms with Crippen LogP contribution in [0.15, 0.2) is 42.7 Å². The number of carbonyl (C=O) groups is 2. The van der Waals surface area contributed by atoms with Gasteiger partial charge in [-0.2, -0.15) is 13.2 Å². The number of hydrogen-bond donors (Lipinski definition) is 3. The number of piperidine rings is 1. The number of nitrogen functional groups attached to an aromatic ring is 1. The number of benzene rings is 1. The van der Waals surface area contributed by atoms with Crippen LogP contribution in [0, 0.1) is 0 Å². The molecule has 3 rings (SSSR count). The summed E-state index contributed by atoms with van der Waals surface area (Å²) in [6, 6.07) is 9.49. The monoisotopic (exact) mass is 498 g/mol. The van der Waals surface area contributed by atoms with Gasteiger partial charge >= 0.3 is 12.1 Å². The first-order valence-corrected chi connectivity index (χ1v) is 11.0. The standard InChI is InChI=1S/C18H25NO5.C5H4F3N3/c20-15-10-11-19(12-16(15)21)17(22)8-4-5-9-18(23)24-13-14-6-2-1-3-7-14;6-5(7,8)3-1-10-2-4(9)11-3/h1-3,6-7,15-16,20-21H,4-5,8-13H2;1-2H,(H2,9,11). The summed E-state index contributed by atoms with van der Waals surface area (Å²) in [6.45, 7) is 0.919. The van der Waals surface area contributed by atoms with Crippen molar-refractivity contribution in [2.75, 3.05) is 18.8 Å². The first kappa shape index (κ1) is 28.0. The second kappa shape index (κ2) is 13.6. The van der Waals surface area contributed by atoms with Gasteiger partial charge in [0, 0.05) is 25.9 Å². The number of aliphatic hydroxyl groups is 2. The van der Waals surface area contributed by atoms with Crippen LogP contribution in [0.5, 0.6) is 0 Å². The number of anilines is 1. The van der Waals surface area contributed by atoms with Crippen LogP contribution < -0.4 is 5.73 Å². The Morgan fingerprint density at radius 1 is 1.09 bits per heavy atom. The van der Waals surface area contributed by atoms with Crippen LogP contribution in [-0.4, -0.2) is 62.3 Å². The minimum atomic E-state index is -4.47. The number of alkyl halides is 3. The Hall–Kier alpha value is -3.25. The summed E-state index contributed by atoms with van der Waals surface area (Å²) < 4.78 is 40.6. The van der Waals surface area contributed by atoms with E-state index in [2.05, 4.69) is 9.97 Å². The number of amides is 1. The maximum atomic E-state index is 12.0. The number of nitrogens with two attached hydrogens (primary N) is 1. The average Bonchev–Trinajstić information content (AvgIpc) is 2.82. The van der Waals surface area contributed by atoms with Crippen molar-refractivity contribution in [1.29, 1.82) is 0 Å².